The maximum Gasteiger partial charge on any atom is 0.248 e. The van der Waals surface area contributed by atoms with E-state index < -0.39 is 0 Å². The van der Waals surface area contributed by atoms with E-state index >= 15 is 0 Å². The Balaban J connectivity index is 3.10. The lowest BCUT2D eigenvalue weighted by atomic mass is 9.84. The molecule has 0 atom stereocenters. The number of rotatable bonds is 2. The Bertz CT molecular complexity index is 458. The van der Waals surface area contributed by atoms with Crippen LogP contribution in [-0.2, 0) is 4.79 Å². The lowest BCUT2D eigenvalue weighted by Crippen LogP contribution is -2.43. The molecule has 0 unspecified atom stereocenters. The molecule has 19 heavy (non-hydrogen) atoms. The van der Waals surface area contributed by atoms with Crippen LogP contribution in [0.5, 0.6) is 0 Å². The molecule has 0 saturated heterocycles. The smallest absolute Gasteiger partial charge is 0.248 e. The van der Waals surface area contributed by atoms with Gasteiger partial charge >= 0.3 is 0 Å². The van der Waals surface area contributed by atoms with Gasteiger partial charge in [-0.3, -0.25) is 4.79 Å². The van der Waals surface area contributed by atoms with E-state index in [4.69, 9.17) is 0 Å². The van der Waals surface area contributed by atoms with E-state index in [0.29, 0.717) is 0 Å². The molecular formula is C17H25NO. The van der Waals surface area contributed by atoms with Gasteiger partial charge in [-0.25, -0.2) is 0 Å². The van der Waals surface area contributed by atoms with E-state index in [0.717, 1.165) is 11.1 Å². The number of carbonyl (C=O) groups is 1. The SMILES string of the molecule is CC(C)(C)NC(=O)/C(=C/c1ccccc1)C(C)(C)C. The Hall–Kier alpha value is -1.57. The van der Waals surface area contributed by atoms with E-state index in [-0.39, 0.29) is 16.9 Å². The molecule has 0 bridgehead atoms. The molecule has 0 heterocycles. The minimum Gasteiger partial charge on any atom is -0.348 e. The van der Waals surface area contributed by atoms with Crippen LogP contribution in [0.4, 0.5) is 0 Å². The molecule has 0 aliphatic carbocycles. The van der Waals surface area contributed by atoms with Gasteiger partial charge in [0.15, 0.2) is 0 Å². The number of amides is 1. The largest absolute Gasteiger partial charge is 0.348 e. The average molecular weight is 259 g/mol. The molecule has 0 saturated carbocycles. The highest BCUT2D eigenvalue weighted by Crippen LogP contribution is 2.28. The minimum atomic E-state index is -0.224. The van der Waals surface area contributed by atoms with Gasteiger partial charge in [-0.2, -0.15) is 0 Å². The summed E-state index contributed by atoms with van der Waals surface area (Å²) >= 11 is 0. The lowest BCUT2D eigenvalue weighted by molar-refractivity contribution is -0.119. The van der Waals surface area contributed by atoms with Crippen molar-refractivity contribution in [1.29, 1.82) is 0 Å². The highest BCUT2D eigenvalue weighted by molar-refractivity contribution is 5.99. The molecule has 1 aromatic rings. The van der Waals surface area contributed by atoms with Crippen LogP contribution in [0.3, 0.4) is 0 Å². The Morgan fingerprint density at radius 1 is 1.00 bits per heavy atom. The molecule has 0 radical (unpaired) electrons. The fraction of sp³-hybridized carbons (Fsp3) is 0.471. The first-order valence-corrected chi connectivity index (χ1v) is 6.69. The van der Waals surface area contributed by atoms with Crippen molar-refractivity contribution in [2.24, 2.45) is 5.41 Å². The number of benzene rings is 1. The second-order valence-corrected chi connectivity index (χ2v) is 6.92. The molecular weight excluding hydrogens is 234 g/mol. The van der Waals surface area contributed by atoms with E-state index in [1.54, 1.807) is 0 Å². The summed E-state index contributed by atoms with van der Waals surface area (Å²) in [6.45, 7) is 12.2. The predicted molar refractivity (Wildman–Crippen MR) is 81.8 cm³/mol. The van der Waals surface area contributed by atoms with Crippen molar-refractivity contribution in [3.8, 4) is 0 Å². The van der Waals surface area contributed by atoms with Crippen molar-refractivity contribution in [1.82, 2.24) is 5.32 Å². The number of carbonyl (C=O) groups excluding carboxylic acids is 1. The van der Waals surface area contributed by atoms with Gasteiger partial charge < -0.3 is 5.32 Å². The summed E-state index contributed by atoms with van der Waals surface area (Å²) < 4.78 is 0. The molecule has 0 fully saturated rings. The fourth-order valence-electron chi connectivity index (χ4n) is 1.75. The summed E-state index contributed by atoms with van der Waals surface area (Å²) in [6, 6.07) is 9.96. The maximum atomic E-state index is 12.4. The van der Waals surface area contributed by atoms with Crippen LogP contribution in [-0.4, -0.2) is 11.4 Å². The van der Waals surface area contributed by atoms with Crippen LogP contribution < -0.4 is 5.32 Å². The third-order valence-corrected chi connectivity index (χ3v) is 2.65. The number of hydrogen-bond donors (Lipinski definition) is 1. The Morgan fingerprint density at radius 2 is 1.53 bits per heavy atom. The summed E-state index contributed by atoms with van der Waals surface area (Å²) in [4.78, 5) is 12.4. The fourth-order valence-corrected chi connectivity index (χ4v) is 1.75. The van der Waals surface area contributed by atoms with Crippen molar-refractivity contribution in [2.75, 3.05) is 0 Å². The van der Waals surface area contributed by atoms with Crippen LogP contribution >= 0.6 is 0 Å². The molecule has 104 valence electrons. The summed E-state index contributed by atoms with van der Waals surface area (Å²) in [6.07, 6.45) is 1.97. The van der Waals surface area contributed by atoms with Gasteiger partial charge in [0.05, 0.1) is 0 Å². The van der Waals surface area contributed by atoms with Crippen LogP contribution in [0.15, 0.2) is 35.9 Å². The zero-order valence-electron chi connectivity index (χ0n) is 12.9. The van der Waals surface area contributed by atoms with E-state index in [9.17, 15) is 4.79 Å². The first-order valence-electron chi connectivity index (χ1n) is 6.69. The highest BCUT2D eigenvalue weighted by atomic mass is 16.1. The van der Waals surface area contributed by atoms with E-state index in [1.165, 1.54) is 0 Å². The Morgan fingerprint density at radius 3 is 1.95 bits per heavy atom. The molecule has 0 aliphatic heterocycles. The highest BCUT2D eigenvalue weighted by Gasteiger charge is 2.26. The van der Waals surface area contributed by atoms with Crippen LogP contribution in [0.1, 0.15) is 47.1 Å². The summed E-state index contributed by atoms with van der Waals surface area (Å²) in [5.41, 5.74) is 1.44. The van der Waals surface area contributed by atoms with Crippen LogP contribution in [0.2, 0.25) is 0 Å². The van der Waals surface area contributed by atoms with Crippen molar-refractivity contribution in [3.63, 3.8) is 0 Å². The summed E-state index contributed by atoms with van der Waals surface area (Å²) in [5, 5.41) is 3.04. The number of hydrogen-bond acceptors (Lipinski definition) is 1. The average Bonchev–Trinajstić information content (AvgIpc) is 2.23. The second-order valence-electron chi connectivity index (χ2n) is 6.92. The van der Waals surface area contributed by atoms with Crippen molar-refractivity contribution in [3.05, 3.63) is 41.5 Å². The van der Waals surface area contributed by atoms with Gasteiger partial charge in [-0.15, -0.1) is 0 Å². The zero-order chi connectivity index (χ0) is 14.7. The third kappa shape index (κ3) is 5.29. The third-order valence-electron chi connectivity index (χ3n) is 2.65. The molecule has 0 aromatic heterocycles. The topological polar surface area (TPSA) is 29.1 Å². The standard InChI is InChI=1S/C17H25NO/c1-16(2,3)14(15(19)18-17(4,5)6)12-13-10-8-7-9-11-13/h7-12H,1-6H3,(H,18,19)/b14-12-. The van der Waals surface area contributed by atoms with Gasteiger partial charge in [0.25, 0.3) is 0 Å². The monoisotopic (exact) mass is 259 g/mol. The second kappa shape index (κ2) is 5.60. The molecule has 2 nitrogen and oxygen atoms in total. The van der Waals surface area contributed by atoms with Gasteiger partial charge in [-0.1, -0.05) is 51.1 Å². The minimum absolute atomic E-state index is 0.00357. The Labute approximate surface area is 116 Å². The molecule has 0 spiro atoms. The predicted octanol–water partition coefficient (Wildman–Crippen LogP) is 4.03. The Kier molecular flexibility index (Phi) is 4.56. The molecule has 1 rings (SSSR count). The van der Waals surface area contributed by atoms with Crippen LogP contribution in [0, 0.1) is 5.41 Å². The van der Waals surface area contributed by atoms with Gasteiger partial charge in [0, 0.05) is 11.1 Å². The molecule has 1 N–H and O–H groups in total. The van der Waals surface area contributed by atoms with Gasteiger partial charge in [0.2, 0.25) is 5.91 Å². The molecule has 1 aromatic carbocycles. The first-order chi connectivity index (χ1) is 8.59. The van der Waals surface area contributed by atoms with Crippen molar-refractivity contribution < 1.29 is 4.79 Å². The van der Waals surface area contributed by atoms with Crippen LogP contribution in [0.25, 0.3) is 6.08 Å². The first kappa shape index (κ1) is 15.5. The zero-order valence-corrected chi connectivity index (χ0v) is 12.9. The van der Waals surface area contributed by atoms with E-state index in [1.807, 2.05) is 57.2 Å². The van der Waals surface area contributed by atoms with Crippen molar-refractivity contribution in [2.45, 2.75) is 47.1 Å². The molecule has 2 heteroatoms. The van der Waals surface area contributed by atoms with Gasteiger partial charge in [-0.05, 0) is 37.8 Å². The van der Waals surface area contributed by atoms with E-state index in [2.05, 4.69) is 26.1 Å². The normalized spacial score (nSPS) is 13.3. The van der Waals surface area contributed by atoms with Crippen molar-refractivity contribution >= 4 is 12.0 Å². The molecule has 0 aliphatic rings. The summed E-state index contributed by atoms with van der Waals surface area (Å²) in [5.74, 6) is 0.00357. The number of nitrogens with one attached hydrogen (secondary N) is 1. The quantitative estimate of drug-likeness (QED) is 0.798. The maximum absolute atomic E-state index is 12.4. The molecule has 1 amide bonds. The summed E-state index contributed by atoms with van der Waals surface area (Å²) in [7, 11) is 0. The van der Waals surface area contributed by atoms with Gasteiger partial charge in [0.1, 0.15) is 0 Å². The lowest BCUT2D eigenvalue weighted by Gasteiger charge is -2.27.